The summed E-state index contributed by atoms with van der Waals surface area (Å²) in [5.41, 5.74) is 1.14. The highest BCUT2D eigenvalue weighted by Crippen LogP contribution is 2.11. The molecule has 4 nitrogen and oxygen atoms in total. The van der Waals surface area contributed by atoms with Crippen LogP contribution in [-0.4, -0.2) is 16.5 Å². The zero-order valence-corrected chi connectivity index (χ0v) is 13.0. The van der Waals surface area contributed by atoms with Crippen LogP contribution in [0.2, 0.25) is 5.02 Å². The first-order valence-corrected chi connectivity index (χ1v) is 7.71. The summed E-state index contributed by atoms with van der Waals surface area (Å²) in [4.78, 5) is 8.67. The van der Waals surface area contributed by atoms with Gasteiger partial charge in [0.25, 0.3) is 0 Å². The molecule has 5 heteroatoms. The Labute approximate surface area is 131 Å². The molecular weight excluding hydrogens is 284 g/mol. The van der Waals surface area contributed by atoms with Gasteiger partial charge in [-0.2, -0.15) is 4.98 Å². The largest absolute Gasteiger partial charge is 0.370 e. The van der Waals surface area contributed by atoms with E-state index in [1.54, 1.807) is 6.20 Å². The Hall–Kier alpha value is -1.81. The van der Waals surface area contributed by atoms with Crippen LogP contribution in [0, 0.1) is 0 Å². The third-order valence-electron chi connectivity index (χ3n) is 3.11. The second kappa shape index (κ2) is 8.47. The van der Waals surface area contributed by atoms with E-state index < -0.39 is 0 Å². The average molecular weight is 305 g/mol. The van der Waals surface area contributed by atoms with E-state index in [9.17, 15) is 0 Å². The van der Waals surface area contributed by atoms with Crippen molar-refractivity contribution in [1.82, 2.24) is 9.97 Å². The molecule has 21 heavy (non-hydrogen) atoms. The summed E-state index contributed by atoms with van der Waals surface area (Å²) < 4.78 is 0. The zero-order chi connectivity index (χ0) is 14.9. The molecule has 0 radical (unpaired) electrons. The van der Waals surface area contributed by atoms with Gasteiger partial charge in [-0.05, 0) is 30.2 Å². The van der Waals surface area contributed by atoms with E-state index in [1.807, 2.05) is 30.3 Å². The summed E-state index contributed by atoms with van der Waals surface area (Å²) in [6.07, 6.45) is 5.38. The maximum atomic E-state index is 5.87. The predicted molar refractivity (Wildman–Crippen MR) is 88.8 cm³/mol. The molecule has 0 aliphatic rings. The molecule has 1 aromatic heterocycles. The van der Waals surface area contributed by atoms with E-state index in [-0.39, 0.29) is 0 Å². The number of hydrogen-bond acceptors (Lipinski definition) is 4. The number of benzene rings is 1. The summed E-state index contributed by atoms with van der Waals surface area (Å²) in [5.74, 6) is 1.49. The van der Waals surface area contributed by atoms with Crippen molar-refractivity contribution in [2.24, 2.45) is 0 Å². The molecule has 2 N–H and O–H groups in total. The van der Waals surface area contributed by atoms with Gasteiger partial charge in [0.1, 0.15) is 5.82 Å². The van der Waals surface area contributed by atoms with Crippen molar-refractivity contribution in [3.8, 4) is 0 Å². The van der Waals surface area contributed by atoms with Gasteiger partial charge in [0.15, 0.2) is 0 Å². The van der Waals surface area contributed by atoms with Gasteiger partial charge in [-0.25, -0.2) is 4.98 Å². The molecular formula is C16H21ClN4. The summed E-state index contributed by atoms with van der Waals surface area (Å²) in [6, 6.07) is 9.63. The Morgan fingerprint density at radius 3 is 2.62 bits per heavy atom. The monoisotopic (exact) mass is 304 g/mol. The minimum Gasteiger partial charge on any atom is -0.370 e. The molecule has 2 aromatic rings. The molecule has 2 rings (SSSR count). The molecule has 1 aromatic carbocycles. The standard InChI is InChI=1S/C16H21ClN4/c1-2-3-4-10-18-15-9-11-19-16(21-15)20-12-13-5-7-14(17)8-6-13/h5-9,11H,2-4,10,12H2,1H3,(H2,18,19,20,21). The molecule has 0 spiro atoms. The van der Waals surface area contributed by atoms with E-state index >= 15 is 0 Å². The van der Waals surface area contributed by atoms with E-state index in [0.29, 0.717) is 12.5 Å². The third kappa shape index (κ3) is 5.60. The first kappa shape index (κ1) is 15.6. The molecule has 0 saturated heterocycles. The highest BCUT2D eigenvalue weighted by molar-refractivity contribution is 6.30. The number of unbranched alkanes of at least 4 members (excludes halogenated alkanes) is 2. The Morgan fingerprint density at radius 2 is 1.86 bits per heavy atom. The third-order valence-corrected chi connectivity index (χ3v) is 3.36. The summed E-state index contributed by atoms with van der Waals surface area (Å²) in [6.45, 7) is 3.82. The molecule has 112 valence electrons. The minimum absolute atomic E-state index is 0.630. The van der Waals surface area contributed by atoms with Crippen LogP contribution in [0.5, 0.6) is 0 Å². The van der Waals surface area contributed by atoms with Gasteiger partial charge in [-0.15, -0.1) is 0 Å². The molecule has 0 atom stereocenters. The van der Waals surface area contributed by atoms with Gasteiger partial charge in [0.2, 0.25) is 5.95 Å². The fourth-order valence-electron chi connectivity index (χ4n) is 1.92. The Balaban J connectivity index is 1.84. The fraction of sp³-hybridized carbons (Fsp3) is 0.375. The summed E-state index contributed by atoms with van der Waals surface area (Å²) >= 11 is 5.87. The smallest absolute Gasteiger partial charge is 0.224 e. The summed E-state index contributed by atoms with van der Waals surface area (Å²) in [5, 5.41) is 7.28. The minimum atomic E-state index is 0.630. The van der Waals surface area contributed by atoms with Crippen molar-refractivity contribution < 1.29 is 0 Å². The number of rotatable bonds is 8. The highest BCUT2D eigenvalue weighted by atomic mass is 35.5. The SMILES string of the molecule is CCCCCNc1ccnc(NCc2ccc(Cl)cc2)n1. The second-order valence-corrected chi connectivity index (χ2v) is 5.32. The van der Waals surface area contributed by atoms with Gasteiger partial charge in [-0.3, -0.25) is 0 Å². The fourth-order valence-corrected chi connectivity index (χ4v) is 2.04. The van der Waals surface area contributed by atoms with E-state index in [2.05, 4.69) is 27.5 Å². The number of nitrogens with zero attached hydrogens (tertiary/aromatic N) is 2. The highest BCUT2D eigenvalue weighted by Gasteiger charge is 1.99. The first-order valence-electron chi connectivity index (χ1n) is 7.33. The van der Waals surface area contributed by atoms with Gasteiger partial charge in [0.05, 0.1) is 0 Å². The Bertz CT molecular complexity index is 542. The van der Waals surface area contributed by atoms with Crippen molar-refractivity contribution in [2.45, 2.75) is 32.7 Å². The van der Waals surface area contributed by atoms with Crippen LogP contribution in [0.3, 0.4) is 0 Å². The van der Waals surface area contributed by atoms with Crippen molar-refractivity contribution in [1.29, 1.82) is 0 Å². The van der Waals surface area contributed by atoms with Crippen LogP contribution < -0.4 is 10.6 Å². The number of halogens is 1. The molecule has 0 amide bonds. The van der Waals surface area contributed by atoms with Gasteiger partial charge < -0.3 is 10.6 Å². The lowest BCUT2D eigenvalue weighted by atomic mass is 10.2. The molecule has 0 unspecified atom stereocenters. The average Bonchev–Trinajstić information content (AvgIpc) is 2.52. The second-order valence-electron chi connectivity index (χ2n) is 4.88. The lowest BCUT2D eigenvalue weighted by Gasteiger charge is -2.08. The number of hydrogen-bond donors (Lipinski definition) is 2. The van der Waals surface area contributed by atoms with Crippen LogP contribution in [0.15, 0.2) is 36.5 Å². The number of anilines is 2. The maximum absolute atomic E-state index is 5.87. The quantitative estimate of drug-likeness (QED) is 0.712. The molecule has 0 aliphatic heterocycles. The van der Waals surface area contributed by atoms with Gasteiger partial charge in [-0.1, -0.05) is 43.5 Å². The van der Waals surface area contributed by atoms with Crippen molar-refractivity contribution >= 4 is 23.4 Å². The first-order chi connectivity index (χ1) is 10.3. The molecule has 0 saturated carbocycles. The van der Waals surface area contributed by atoms with E-state index in [0.717, 1.165) is 29.4 Å². The number of nitrogens with one attached hydrogen (secondary N) is 2. The lowest BCUT2D eigenvalue weighted by Crippen LogP contribution is -2.07. The van der Waals surface area contributed by atoms with Gasteiger partial charge in [0, 0.05) is 24.3 Å². The maximum Gasteiger partial charge on any atom is 0.224 e. The molecule has 0 fully saturated rings. The topological polar surface area (TPSA) is 49.8 Å². The van der Waals surface area contributed by atoms with Crippen molar-refractivity contribution in [3.63, 3.8) is 0 Å². The zero-order valence-electron chi connectivity index (χ0n) is 12.3. The van der Waals surface area contributed by atoms with Crippen LogP contribution in [-0.2, 0) is 6.54 Å². The van der Waals surface area contributed by atoms with Crippen LogP contribution in [0.1, 0.15) is 31.7 Å². The number of aromatic nitrogens is 2. The van der Waals surface area contributed by atoms with Crippen molar-refractivity contribution in [2.75, 3.05) is 17.2 Å². The van der Waals surface area contributed by atoms with Crippen molar-refractivity contribution in [3.05, 3.63) is 47.1 Å². The van der Waals surface area contributed by atoms with Crippen LogP contribution in [0.4, 0.5) is 11.8 Å². The lowest BCUT2D eigenvalue weighted by molar-refractivity contribution is 0.742. The summed E-state index contributed by atoms with van der Waals surface area (Å²) in [7, 11) is 0. The Morgan fingerprint density at radius 1 is 1.05 bits per heavy atom. The molecule has 0 bridgehead atoms. The van der Waals surface area contributed by atoms with E-state index in [1.165, 1.54) is 12.8 Å². The predicted octanol–water partition coefficient (Wildman–Crippen LogP) is 4.34. The molecule has 1 heterocycles. The Kier molecular flexibility index (Phi) is 6.28. The van der Waals surface area contributed by atoms with Gasteiger partial charge >= 0.3 is 0 Å². The normalized spacial score (nSPS) is 10.4. The van der Waals surface area contributed by atoms with Crippen LogP contribution >= 0.6 is 11.6 Å². The van der Waals surface area contributed by atoms with Crippen LogP contribution in [0.25, 0.3) is 0 Å². The molecule has 0 aliphatic carbocycles. The van der Waals surface area contributed by atoms with E-state index in [4.69, 9.17) is 11.6 Å².